The first-order valence-corrected chi connectivity index (χ1v) is 7.13. The van der Waals surface area contributed by atoms with E-state index in [9.17, 15) is 0 Å². The topological polar surface area (TPSA) is 43.4 Å². The number of pyridine rings is 1. The Morgan fingerprint density at radius 2 is 1.90 bits per heavy atom. The monoisotopic (exact) mass is 286 g/mol. The van der Waals surface area contributed by atoms with E-state index in [2.05, 4.69) is 30.2 Å². The van der Waals surface area contributed by atoms with Gasteiger partial charge in [0.1, 0.15) is 11.5 Å². The van der Waals surface area contributed by atoms with Crippen molar-refractivity contribution in [2.75, 3.05) is 13.7 Å². The molecule has 0 aliphatic heterocycles. The van der Waals surface area contributed by atoms with Gasteiger partial charge in [0.15, 0.2) is 0 Å². The van der Waals surface area contributed by atoms with Crippen LogP contribution in [0.15, 0.2) is 30.3 Å². The molecule has 0 bridgehead atoms. The summed E-state index contributed by atoms with van der Waals surface area (Å²) < 4.78 is 11.2. The van der Waals surface area contributed by atoms with Crippen LogP contribution in [-0.2, 0) is 6.54 Å². The molecule has 0 unspecified atom stereocenters. The van der Waals surface area contributed by atoms with Crippen molar-refractivity contribution >= 4 is 0 Å². The zero-order chi connectivity index (χ0) is 15.2. The van der Waals surface area contributed by atoms with Gasteiger partial charge in [0, 0.05) is 23.9 Å². The average Bonchev–Trinajstić information content (AvgIpc) is 2.46. The quantitative estimate of drug-likeness (QED) is 0.881. The average molecular weight is 286 g/mol. The number of nitrogens with one attached hydrogen (secondary N) is 1. The zero-order valence-electron chi connectivity index (χ0n) is 13.1. The van der Waals surface area contributed by atoms with Gasteiger partial charge in [0.2, 0.25) is 5.88 Å². The summed E-state index contributed by atoms with van der Waals surface area (Å²) in [5, 5.41) is 3.33. The molecule has 112 valence electrons. The number of rotatable bonds is 6. The van der Waals surface area contributed by atoms with Crippen LogP contribution >= 0.6 is 0 Å². The van der Waals surface area contributed by atoms with E-state index in [1.807, 2.05) is 31.2 Å². The number of hydrogen-bond donors (Lipinski definition) is 1. The van der Waals surface area contributed by atoms with Crippen molar-refractivity contribution in [3.8, 4) is 17.4 Å². The number of benzene rings is 1. The Bertz CT molecular complexity index is 612. The Labute approximate surface area is 126 Å². The van der Waals surface area contributed by atoms with E-state index >= 15 is 0 Å². The predicted molar refractivity (Wildman–Crippen MR) is 84.2 cm³/mol. The number of aryl methyl sites for hydroxylation is 2. The largest absolute Gasteiger partial charge is 0.497 e. The summed E-state index contributed by atoms with van der Waals surface area (Å²) in [5.41, 5.74) is 3.22. The van der Waals surface area contributed by atoms with Crippen LogP contribution in [0.3, 0.4) is 0 Å². The second kappa shape index (κ2) is 7.09. The minimum Gasteiger partial charge on any atom is -0.497 e. The molecular formula is C17H22N2O2. The fourth-order valence-electron chi connectivity index (χ4n) is 2.15. The molecule has 4 nitrogen and oxygen atoms in total. The molecular weight excluding hydrogens is 264 g/mol. The molecule has 1 aromatic carbocycles. The number of methoxy groups -OCH3 is 1. The molecule has 0 aliphatic rings. The van der Waals surface area contributed by atoms with E-state index in [-0.39, 0.29) is 0 Å². The summed E-state index contributed by atoms with van der Waals surface area (Å²) >= 11 is 0. The predicted octanol–water partition coefficient (Wildman–Crippen LogP) is 3.61. The number of nitrogens with zero attached hydrogens (tertiary/aromatic N) is 1. The van der Waals surface area contributed by atoms with Gasteiger partial charge in [-0.2, -0.15) is 0 Å². The molecule has 0 atom stereocenters. The van der Waals surface area contributed by atoms with Crippen molar-refractivity contribution in [2.24, 2.45) is 0 Å². The number of hydrogen-bond acceptors (Lipinski definition) is 4. The second-order valence-electron chi connectivity index (χ2n) is 4.93. The highest BCUT2D eigenvalue weighted by Crippen LogP contribution is 2.28. The Kier molecular flexibility index (Phi) is 5.17. The molecule has 0 saturated heterocycles. The number of ether oxygens (including phenoxy) is 2. The highest BCUT2D eigenvalue weighted by molar-refractivity contribution is 5.40. The van der Waals surface area contributed by atoms with Crippen LogP contribution in [0.2, 0.25) is 0 Å². The van der Waals surface area contributed by atoms with E-state index in [1.54, 1.807) is 7.11 Å². The smallest absolute Gasteiger partial charge is 0.224 e. The van der Waals surface area contributed by atoms with Crippen LogP contribution in [0, 0.1) is 13.8 Å². The summed E-state index contributed by atoms with van der Waals surface area (Å²) in [6.07, 6.45) is 0. The summed E-state index contributed by atoms with van der Waals surface area (Å²) in [7, 11) is 1.64. The lowest BCUT2D eigenvalue weighted by atomic mass is 10.1. The summed E-state index contributed by atoms with van der Waals surface area (Å²) in [5.74, 6) is 2.15. The van der Waals surface area contributed by atoms with Gasteiger partial charge < -0.3 is 14.8 Å². The standard InChI is InChI=1S/C17H22N2O2/c1-5-18-11-16-12(2)9-13(3)19-17(16)21-15-8-6-7-14(10-15)20-4/h6-10,18H,5,11H2,1-4H3. The van der Waals surface area contributed by atoms with E-state index in [0.29, 0.717) is 5.88 Å². The van der Waals surface area contributed by atoms with Crippen molar-refractivity contribution in [3.63, 3.8) is 0 Å². The molecule has 0 spiro atoms. The Morgan fingerprint density at radius 1 is 1.14 bits per heavy atom. The molecule has 1 heterocycles. The van der Waals surface area contributed by atoms with Crippen LogP contribution in [0.4, 0.5) is 0 Å². The maximum atomic E-state index is 5.98. The lowest BCUT2D eigenvalue weighted by Gasteiger charge is -2.14. The van der Waals surface area contributed by atoms with Crippen LogP contribution in [0.5, 0.6) is 17.4 Å². The minimum absolute atomic E-state index is 0.654. The third-order valence-electron chi connectivity index (χ3n) is 3.24. The van der Waals surface area contributed by atoms with Gasteiger partial charge in [-0.3, -0.25) is 0 Å². The van der Waals surface area contributed by atoms with Crippen molar-refractivity contribution in [1.29, 1.82) is 0 Å². The van der Waals surface area contributed by atoms with Crippen LogP contribution in [0.25, 0.3) is 0 Å². The van der Waals surface area contributed by atoms with E-state index in [4.69, 9.17) is 9.47 Å². The molecule has 0 aliphatic carbocycles. The molecule has 0 radical (unpaired) electrons. The first kappa shape index (κ1) is 15.3. The fourth-order valence-corrected chi connectivity index (χ4v) is 2.15. The minimum atomic E-state index is 0.654. The second-order valence-corrected chi connectivity index (χ2v) is 4.93. The van der Waals surface area contributed by atoms with Gasteiger partial charge in [-0.05, 0) is 44.2 Å². The molecule has 1 aromatic heterocycles. The van der Waals surface area contributed by atoms with Gasteiger partial charge >= 0.3 is 0 Å². The van der Waals surface area contributed by atoms with Crippen molar-refractivity contribution < 1.29 is 9.47 Å². The van der Waals surface area contributed by atoms with E-state index in [0.717, 1.165) is 35.8 Å². The third-order valence-corrected chi connectivity index (χ3v) is 3.24. The lowest BCUT2D eigenvalue weighted by molar-refractivity contribution is 0.406. The van der Waals surface area contributed by atoms with Gasteiger partial charge in [0.25, 0.3) is 0 Å². The third kappa shape index (κ3) is 3.95. The van der Waals surface area contributed by atoms with Gasteiger partial charge in [0.05, 0.1) is 7.11 Å². The summed E-state index contributed by atoms with van der Waals surface area (Å²) in [6.45, 7) is 7.79. The van der Waals surface area contributed by atoms with Gasteiger partial charge in [-0.1, -0.05) is 13.0 Å². The molecule has 0 amide bonds. The molecule has 2 aromatic rings. The van der Waals surface area contributed by atoms with E-state index < -0.39 is 0 Å². The van der Waals surface area contributed by atoms with Crippen LogP contribution in [0.1, 0.15) is 23.7 Å². The van der Waals surface area contributed by atoms with Crippen molar-refractivity contribution in [2.45, 2.75) is 27.3 Å². The highest BCUT2D eigenvalue weighted by Gasteiger charge is 2.11. The molecule has 0 saturated carbocycles. The Morgan fingerprint density at radius 3 is 2.62 bits per heavy atom. The molecule has 2 rings (SSSR count). The number of aromatic nitrogens is 1. The molecule has 4 heteroatoms. The van der Waals surface area contributed by atoms with Crippen molar-refractivity contribution in [3.05, 3.63) is 47.2 Å². The van der Waals surface area contributed by atoms with Gasteiger partial charge in [-0.15, -0.1) is 0 Å². The summed E-state index contributed by atoms with van der Waals surface area (Å²) in [4.78, 5) is 4.53. The lowest BCUT2D eigenvalue weighted by Crippen LogP contribution is -2.14. The van der Waals surface area contributed by atoms with Crippen LogP contribution in [-0.4, -0.2) is 18.6 Å². The Hall–Kier alpha value is -2.07. The SMILES string of the molecule is CCNCc1c(C)cc(C)nc1Oc1cccc(OC)c1. The molecule has 1 N–H and O–H groups in total. The first-order valence-electron chi connectivity index (χ1n) is 7.13. The Balaban J connectivity index is 2.32. The maximum absolute atomic E-state index is 5.98. The first-order chi connectivity index (χ1) is 10.1. The van der Waals surface area contributed by atoms with Gasteiger partial charge in [-0.25, -0.2) is 4.98 Å². The maximum Gasteiger partial charge on any atom is 0.224 e. The normalized spacial score (nSPS) is 10.5. The molecule has 21 heavy (non-hydrogen) atoms. The summed E-state index contributed by atoms with van der Waals surface area (Å²) in [6, 6.07) is 9.63. The van der Waals surface area contributed by atoms with Crippen LogP contribution < -0.4 is 14.8 Å². The van der Waals surface area contributed by atoms with E-state index in [1.165, 1.54) is 5.56 Å². The highest BCUT2D eigenvalue weighted by atomic mass is 16.5. The zero-order valence-corrected chi connectivity index (χ0v) is 13.1. The molecule has 0 fully saturated rings. The van der Waals surface area contributed by atoms with Crippen molar-refractivity contribution in [1.82, 2.24) is 10.3 Å². The fraction of sp³-hybridized carbons (Fsp3) is 0.353.